The molecule has 1 aromatic carbocycles. The maximum Gasteiger partial charge on any atom is 0.137 e. The van der Waals surface area contributed by atoms with Crippen LogP contribution in [0.3, 0.4) is 0 Å². The summed E-state index contributed by atoms with van der Waals surface area (Å²) in [5.41, 5.74) is 0.846. The average Bonchev–Trinajstić information content (AvgIpc) is 2.88. The first-order valence-corrected chi connectivity index (χ1v) is 7.22. The van der Waals surface area contributed by atoms with Gasteiger partial charge >= 0.3 is 0 Å². The molecule has 0 saturated carbocycles. The largest absolute Gasteiger partial charge is 0.464 e. The predicted molar refractivity (Wildman–Crippen MR) is 77.7 cm³/mol. The van der Waals surface area contributed by atoms with Crippen LogP contribution in [0.2, 0.25) is 0 Å². The second-order valence-electron chi connectivity index (χ2n) is 4.29. The Morgan fingerprint density at radius 2 is 2.05 bits per heavy atom. The van der Waals surface area contributed by atoms with Crippen LogP contribution in [0.4, 0.5) is 4.39 Å². The Morgan fingerprint density at radius 3 is 2.68 bits per heavy atom. The molecule has 0 aliphatic heterocycles. The zero-order valence-electron chi connectivity index (χ0n) is 11.0. The second kappa shape index (κ2) is 6.35. The Hall–Kier alpha value is -1.13. The van der Waals surface area contributed by atoms with E-state index in [-0.39, 0.29) is 11.9 Å². The minimum absolute atomic E-state index is 0.143. The standard InChI is InChI=1S/C15H17BrFNO/c1-3-10-8-9-13(19-10)15(18-4-2)11-6-5-7-12(17)14(11)16/h5-9,15,18H,3-4H2,1-2H3. The molecule has 0 amide bonds. The van der Waals surface area contributed by atoms with E-state index >= 15 is 0 Å². The summed E-state index contributed by atoms with van der Waals surface area (Å²) in [7, 11) is 0. The molecule has 1 atom stereocenters. The van der Waals surface area contributed by atoms with E-state index in [1.54, 1.807) is 6.07 Å². The molecule has 0 saturated heterocycles. The third kappa shape index (κ3) is 3.07. The maximum absolute atomic E-state index is 13.7. The van der Waals surface area contributed by atoms with Crippen LogP contribution in [0.15, 0.2) is 39.2 Å². The van der Waals surface area contributed by atoms with Crippen LogP contribution in [-0.4, -0.2) is 6.54 Å². The minimum Gasteiger partial charge on any atom is -0.464 e. The lowest BCUT2D eigenvalue weighted by molar-refractivity contribution is 0.424. The molecule has 0 aliphatic rings. The Kier molecular flexibility index (Phi) is 4.77. The van der Waals surface area contributed by atoms with Gasteiger partial charge in [-0.25, -0.2) is 4.39 Å². The van der Waals surface area contributed by atoms with Crippen LogP contribution in [0.1, 0.15) is 37.0 Å². The first-order chi connectivity index (χ1) is 9.17. The van der Waals surface area contributed by atoms with Gasteiger partial charge < -0.3 is 9.73 Å². The number of hydrogen-bond donors (Lipinski definition) is 1. The highest BCUT2D eigenvalue weighted by atomic mass is 79.9. The van der Waals surface area contributed by atoms with Gasteiger partial charge in [0.2, 0.25) is 0 Å². The molecule has 2 aromatic rings. The first-order valence-electron chi connectivity index (χ1n) is 6.43. The van der Waals surface area contributed by atoms with E-state index in [9.17, 15) is 4.39 Å². The van der Waals surface area contributed by atoms with Gasteiger partial charge in [0.25, 0.3) is 0 Å². The topological polar surface area (TPSA) is 25.2 Å². The lowest BCUT2D eigenvalue weighted by Gasteiger charge is -2.18. The molecule has 0 aliphatic carbocycles. The van der Waals surface area contributed by atoms with Gasteiger partial charge in [-0.15, -0.1) is 0 Å². The third-order valence-corrected chi connectivity index (χ3v) is 3.85. The molecule has 0 bridgehead atoms. The summed E-state index contributed by atoms with van der Waals surface area (Å²) in [6.45, 7) is 4.84. The number of furan rings is 1. The number of nitrogens with one attached hydrogen (secondary N) is 1. The van der Waals surface area contributed by atoms with Crippen molar-refractivity contribution in [3.63, 3.8) is 0 Å². The van der Waals surface area contributed by atoms with Crippen molar-refractivity contribution in [3.05, 3.63) is 57.7 Å². The zero-order chi connectivity index (χ0) is 13.8. The number of hydrogen-bond acceptors (Lipinski definition) is 2. The van der Waals surface area contributed by atoms with Crippen molar-refractivity contribution < 1.29 is 8.81 Å². The fourth-order valence-electron chi connectivity index (χ4n) is 2.05. The van der Waals surface area contributed by atoms with Crippen molar-refractivity contribution in [2.45, 2.75) is 26.3 Å². The van der Waals surface area contributed by atoms with Crippen molar-refractivity contribution in [1.82, 2.24) is 5.32 Å². The first kappa shape index (κ1) is 14.3. The minimum atomic E-state index is -0.261. The molecular formula is C15H17BrFNO. The summed E-state index contributed by atoms with van der Waals surface area (Å²) in [5, 5.41) is 3.33. The molecule has 19 heavy (non-hydrogen) atoms. The lowest BCUT2D eigenvalue weighted by Crippen LogP contribution is -2.22. The van der Waals surface area contributed by atoms with E-state index in [1.807, 2.05) is 32.0 Å². The van der Waals surface area contributed by atoms with E-state index in [1.165, 1.54) is 6.07 Å². The molecule has 1 unspecified atom stereocenters. The Bertz CT molecular complexity index is 553. The molecule has 1 aromatic heterocycles. The highest BCUT2D eigenvalue weighted by Gasteiger charge is 2.20. The number of halogens is 2. The van der Waals surface area contributed by atoms with Crippen molar-refractivity contribution >= 4 is 15.9 Å². The number of aryl methyl sites for hydroxylation is 1. The summed E-state index contributed by atoms with van der Waals surface area (Å²) in [4.78, 5) is 0. The quantitative estimate of drug-likeness (QED) is 0.879. The molecular weight excluding hydrogens is 309 g/mol. The van der Waals surface area contributed by atoms with Gasteiger partial charge in [-0.1, -0.05) is 26.0 Å². The van der Waals surface area contributed by atoms with E-state index in [2.05, 4.69) is 21.2 Å². The predicted octanol–water partition coefficient (Wildman–Crippen LogP) is 4.44. The van der Waals surface area contributed by atoms with Crippen molar-refractivity contribution in [1.29, 1.82) is 0 Å². The summed E-state index contributed by atoms with van der Waals surface area (Å²) in [6.07, 6.45) is 0.850. The molecule has 1 N–H and O–H groups in total. The molecule has 0 radical (unpaired) electrons. The van der Waals surface area contributed by atoms with Crippen LogP contribution in [-0.2, 0) is 6.42 Å². The zero-order valence-corrected chi connectivity index (χ0v) is 12.6. The van der Waals surface area contributed by atoms with Crippen molar-refractivity contribution in [3.8, 4) is 0 Å². The van der Waals surface area contributed by atoms with Crippen molar-refractivity contribution in [2.24, 2.45) is 0 Å². The molecule has 0 spiro atoms. The third-order valence-electron chi connectivity index (χ3n) is 3.02. The Balaban J connectivity index is 2.42. The lowest BCUT2D eigenvalue weighted by atomic mass is 10.0. The van der Waals surface area contributed by atoms with E-state index in [0.29, 0.717) is 4.47 Å². The Morgan fingerprint density at radius 1 is 1.26 bits per heavy atom. The molecule has 0 fully saturated rings. The van der Waals surface area contributed by atoms with E-state index < -0.39 is 0 Å². The molecule has 2 nitrogen and oxygen atoms in total. The second-order valence-corrected chi connectivity index (χ2v) is 5.08. The maximum atomic E-state index is 13.7. The van der Waals surface area contributed by atoms with E-state index in [0.717, 1.165) is 30.0 Å². The highest BCUT2D eigenvalue weighted by Crippen LogP contribution is 2.31. The smallest absolute Gasteiger partial charge is 0.137 e. The summed E-state index contributed by atoms with van der Waals surface area (Å²) in [6, 6.07) is 8.82. The van der Waals surface area contributed by atoms with Gasteiger partial charge in [-0.05, 0) is 46.2 Å². The van der Waals surface area contributed by atoms with Crippen LogP contribution < -0.4 is 5.32 Å². The van der Waals surface area contributed by atoms with E-state index in [4.69, 9.17) is 4.42 Å². The van der Waals surface area contributed by atoms with Crippen LogP contribution in [0, 0.1) is 5.82 Å². The SMILES string of the molecule is CCNC(c1ccc(CC)o1)c1cccc(F)c1Br. The monoisotopic (exact) mass is 325 g/mol. The number of rotatable bonds is 5. The molecule has 4 heteroatoms. The van der Waals surface area contributed by atoms with Gasteiger partial charge in [0.1, 0.15) is 17.3 Å². The van der Waals surface area contributed by atoms with Gasteiger partial charge in [-0.2, -0.15) is 0 Å². The van der Waals surface area contributed by atoms with Crippen LogP contribution in [0.25, 0.3) is 0 Å². The Labute approximate surface area is 121 Å². The summed E-state index contributed by atoms with van der Waals surface area (Å²) < 4.78 is 19.9. The average molecular weight is 326 g/mol. The summed E-state index contributed by atoms with van der Waals surface area (Å²) in [5.74, 6) is 1.48. The van der Waals surface area contributed by atoms with Crippen LogP contribution in [0.5, 0.6) is 0 Å². The fraction of sp³-hybridized carbons (Fsp3) is 0.333. The fourth-order valence-corrected chi connectivity index (χ4v) is 2.54. The van der Waals surface area contributed by atoms with Gasteiger partial charge in [0, 0.05) is 6.42 Å². The summed E-state index contributed by atoms with van der Waals surface area (Å²) >= 11 is 3.32. The van der Waals surface area contributed by atoms with Crippen molar-refractivity contribution in [2.75, 3.05) is 6.54 Å². The van der Waals surface area contributed by atoms with Gasteiger partial charge in [0.15, 0.2) is 0 Å². The molecule has 2 rings (SSSR count). The highest BCUT2D eigenvalue weighted by molar-refractivity contribution is 9.10. The number of benzene rings is 1. The molecule has 1 heterocycles. The molecule has 102 valence electrons. The van der Waals surface area contributed by atoms with Crippen LogP contribution >= 0.6 is 15.9 Å². The normalized spacial score (nSPS) is 12.6. The van der Waals surface area contributed by atoms with Gasteiger partial charge in [0.05, 0.1) is 10.5 Å². The van der Waals surface area contributed by atoms with Gasteiger partial charge in [-0.3, -0.25) is 0 Å².